The van der Waals surface area contributed by atoms with Crippen molar-refractivity contribution in [2.45, 2.75) is 33.6 Å². The molecule has 0 aliphatic heterocycles. The van der Waals surface area contributed by atoms with E-state index in [0.717, 1.165) is 22.1 Å². The Labute approximate surface area is 122 Å². The van der Waals surface area contributed by atoms with Gasteiger partial charge < -0.3 is 4.74 Å². The molecule has 0 spiro atoms. The van der Waals surface area contributed by atoms with Crippen molar-refractivity contribution in [3.63, 3.8) is 0 Å². The summed E-state index contributed by atoms with van der Waals surface area (Å²) < 4.78 is 5.08. The van der Waals surface area contributed by atoms with E-state index in [2.05, 4.69) is 9.97 Å². The van der Waals surface area contributed by atoms with Crippen molar-refractivity contribution in [3.8, 4) is 11.4 Å². The molecule has 0 saturated carbocycles. The maximum Gasteiger partial charge on any atom is 0.339 e. The number of carbonyl (C=O) groups excluding carboxylic acids is 1. The molecule has 0 aliphatic carbocycles. The van der Waals surface area contributed by atoms with Gasteiger partial charge in [-0.3, -0.25) is 0 Å². The first-order valence-corrected chi connectivity index (χ1v) is 7.51. The van der Waals surface area contributed by atoms with Gasteiger partial charge in [0.25, 0.3) is 0 Å². The minimum Gasteiger partial charge on any atom is -0.462 e. The van der Waals surface area contributed by atoms with Gasteiger partial charge in [0.2, 0.25) is 0 Å². The van der Waals surface area contributed by atoms with Crippen molar-refractivity contribution < 1.29 is 9.53 Å². The monoisotopic (exact) mass is 290 g/mol. The van der Waals surface area contributed by atoms with Gasteiger partial charge in [0.05, 0.1) is 34.3 Å². The average Bonchev–Trinajstić information content (AvgIpc) is 2.85. The number of hydrogen-bond acceptors (Lipinski definition) is 5. The van der Waals surface area contributed by atoms with Gasteiger partial charge in [0.15, 0.2) is 0 Å². The standard InChI is InChI=1S/C15H18N2O2S/c1-5-19-15(18)11-6-7-12(17-14(11)9(2)3)13-8-20-10(4)16-13/h6-9H,5H2,1-4H3. The quantitative estimate of drug-likeness (QED) is 0.803. The molecule has 2 aromatic heterocycles. The molecule has 0 N–H and O–H groups in total. The smallest absolute Gasteiger partial charge is 0.339 e. The first kappa shape index (κ1) is 14.7. The summed E-state index contributed by atoms with van der Waals surface area (Å²) in [6.45, 7) is 8.16. The fourth-order valence-electron chi connectivity index (χ4n) is 1.92. The number of esters is 1. The maximum atomic E-state index is 11.9. The highest BCUT2D eigenvalue weighted by atomic mass is 32.1. The lowest BCUT2D eigenvalue weighted by atomic mass is 10.0. The number of carbonyl (C=O) groups is 1. The fraction of sp³-hybridized carbons (Fsp3) is 0.400. The highest BCUT2D eigenvalue weighted by molar-refractivity contribution is 7.09. The Balaban J connectivity index is 2.45. The van der Waals surface area contributed by atoms with E-state index in [1.165, 1.54) is 0 Å². The van der Waals surface area contributed by atoms with Crippen LogP contribution < -0.4 is 0 Å². The second-order valence-electron chi connectivity index (χ2n) is 4.76. The van der Waals surface area contributed by atoms with Crippen molar-refractivity contribution >= 4 is 17.3 Å². The predicted octanol–water partition coefficient (Wildman–Crippen LogP) is 3.81. The molecule has 106 valence electrons. The van der Waals surface area contributed by atoms with E-state index in [4.69, 9.17) is 4.74 Å². The maximum absolute atomic E-state index is 11.9. The van der Waals surface area contributed by atoms with E-state index in [1.54, 1.807) is 24.3 Å². The topological polar surface area (TPSA) is 52.1 Å². The summed E-state index contributed by atoms with van der Waals surface area (Å²) in [5, 5.41) is 2.98. The number of thiazole rings is 1. The van der Waals surface area contributed by atoms with E-state index < -0.39 is 0 Å². The van der Waals surface area contributed by atoms with E-state index in [1.807, 2.05) is 32.2 Å². The Hall–Kier alpha value is -1.75. The number of aromatic nitrogens is 2. The van der Waals surface area contributed by atoms with E-state index in [9.17, 15) is 4.79 Å². The normalized spacial score (nSPS) is 10.8. The average molecular weight is 290 g/mol. The first-order valence-electron chi connectivity index (χ1n) is 6.63. The second kappa shape index (κ2) is 6.13. The van der Waals surface area contributed by atoms with Crippen LogP contribution in [0.4, 0.5) is 0 Å². The highest BCUT2D eigenvalue weighted by Crippen LogP contribution is 2.25. The zero-order valence-electron chi connectivity index (χ0n) is 12.1. The molecule has 0 radical (unpaired) electrons. The van der Waals surface area contributed by atoms with Crippen molar-refractivity contribution in [2.24, 2.45) is 0 Å². The van der Waals surface area contributed by atoms with Crippen LogP contribution in [0.3, 0.4) is 0 Å². The lowest BCUT2D eigenvalue weighted by Gasteiger charge is -2.12. The molecule has 0 aliphatic rings. The Morgan fingerprint density at radius 3 is 2.60 bits per heavy atom. The first-order chi connectivity index (χ1) is 9.52. The molecule has 0 bridgehead atoms. The number of ether oxygens (including phenoxy) is 1. The third-order valence-corrected chi connectivity index (χ3v) is 3.62. The van der Waals surface area contributed by atoms with Gasteiger partial charge in [-0.15, -0.1) is 11.3 Å². The minimum absolute atomic E-state index is 0.147. The number of hydrogen-bond donors (Lipinski definition) is 0. The third-order valence-electron chi connectivity index (χ3n) is 2.85. The van der Waals surface area contributed by atoms with Crippen LogP contribution in [-0.2, 0) is 4.74 Å². The van der Waals surface area contributed by atoms with Crippen molar-refractivity contribution in [1.29, 1.82) is 0 Å². The molecular formula is C15H18N2O2S. The zero-order valence-corrected chi connectivity index (χ0v) is 13.0. The Bertz CT molecular complexity index is 620. The molecule has 0 unspecified atom stereocenters. The van der Waals surface area contributed by atoms with Crippen molar-refractivity contribution in [2.75, 3.05) is 6.61 Å². The lowest BCUT2D eigenvalue weighted by Crippen LogP contribution is -2.11. The third kappa shape index (κ3) is 3.04. The second-order valence-corrected chi connectivity index (χ2v) is 5.82. The Morgan fingerprint density at radius 2 is 2.05 bits per heavy atom. The molecule has 0 aromatic carbocycles. The number of aryl methyl sites for hydroxylation is 1. The van der Waals surface area contributed by atoms with Crippen molar-refractivity contribution in [3.05, 3.63) is 33.8 Å². The lowest BCUT2D eigenvalue weighted by molar-refractivity contribution is 0.0524. The van der Waals surface area contributed by atoms with Crippen LogP contribution in [0.25, 0.3) is 11.4 Å². The van der Waals surface area contributed by atoms with Crippen molar-refractivity contribution in [1.82, 2.24) is 9.97 Å². The van der Waals surface area contributed by atoms with Gasteiger partial charge in [0.1, 0.15) is 0 Å². The van der Waals surface area contributed by atoms with Gasteiger partial charge in [0, 0.05) is 5.38 Å². The van der Waals surface area contributed by atoms with Crippen LogP contribution >= 0.6 is 11.3 Å². The molecular weight excluding hydrogens is 272 g/mol. The van der Waals surface area contributed by atoms with Crippen LogP contribution in [0.5, 0.6) is 0 Å². The van der Waals surface area contributed by atoms with Gasteiger partial charge in [-0.25, -0.2) is 14.8 Å². The summed E-state index contributed by atoms with van der Waals surface area (Å²) in [5.41, 5.74) is 2.94. The van der Waals surface area contributed by atoms with Gasteiger partial charge in [-0.2, -0.15) is 0 Å². The molecule has 20 heavy (non-hydrogen) atoms. The van der Waals surface area contributed by atoms with Crippen LogP contribution in [0, 0.1) is 6.92 Å². The summed E-state index contributed by atoms with van der Waals surface area (Å²) in [6.07, 6.45) is 0. The predicted molar refractivity (Wildman–Crippen MR) is 80.1 cm³/mol. The van der Waals surface area contributed by atoms with Gasteiger partial charge >= 0.3 is 5.97 Å². The summed E-state index contributed by atoms with van der Waals surface area (Å²) in [5.74, 6) is -0.168. The van der Waals surface area contributed by atoms with E-state index in [0.29, 0.717) is 12.2 Å². The van der Waals surface area contributed by atoms with Crippen LogP contribution in [0.2, 0.25) is 0 Å². The molecule has 0 atom stereocenters. The molecule has 0 fully saturated rings. The SMILES string of the molecule is CCOC(=O)c1ccc(-c2csc(C)n2)nc1C(C)C. The molecule has 2 heterocycles. The molecule has 2 aromatic rings. The van der Waals surface area contributed by atoms with Crippen LogP contribution in [0.1, 0.15) is 47.7 Å². The van der Waals surface area contributed by atoms with Crippen LogP contribution in [-0.4, -0.2) is 22.5 Å². The van der Waals surface area contributed by atoms with Gasteiger partial charge in [-0.05, 0) is 31.9 Å². The van der Waals surface area contributed by atoms with E-state index in [-0.39, 0.29) is 11.9 Å². The largest absolute Gasteiger partial charge is 0.462 e. The molecule has 5 heteroatoms. The molecule has 0 saturated heterocycles. The summed E-state index contributed by atoms with van der Waals surface area (Å²) >= 11 is 1.59. The molecule has 0 amide bonds. The fourth-order valence-corrected chi connectivity index (χ4v) is 2.53. The Kier molecular flexibility index (Phi) is 4.49. The van der Waals surface area contributed by atoms with E-state index >= 15 is 0 Å². The minimum atomic E-state index is -0.315. The number of rotatable bonds is 4. The van der Waals surface area contributed by atoms with Gasteiger partial charge in [-0.1, -0.05) is 13.8 Å². The van der Waals surface area contributed by atoms with Crippen LogP contribution in [0.15, 0.2) is 17.5 Å². The summed E-state index contributed by atoms with van der Waals surface area (Å²) in [4.78, 5) is 21.0. The Morgan fingerprint density at radius 1 is 1.30 bits per heavy atom. The summed E-state index contributed by atoms with van der Waals surface area (Å²) in [6, 6.07) is 3.61. The zero-order chi connectivity index (χ0) is 14.7. The summed E-state index contributed by atoms with van der Waals surface area (Å²) in [7, 11) is 0. The molecule has 2 rings (SSSR count). The highest BCUT2D eigenvalue weighted by Gasteiger charge is 2.18. The number of pyridine rings is 1. The number of nitrogens with zero attached hydrogens (tertiary/aromatic N) is 2. The molecule has 4 nitrogen and oxygen atoms in total.